The second-order valence-electron chi connectivity index (χ2n) is 2.33. The molecule has 0 spiro atoms. The molecule has 78 valence electrons. The molecule has 1 aromatic rings. The monoisotopic (exact) mass is 209 g/mol. The molecule has 7 heteroatoms. The lowest BCUT2D eigenvalue weighted by molar-refractivity contribution is -0.276. The summed E-state index contributed by atoms with van der Waals surface area (Å²) in [5.41, 5.74) is -0.0840. The van der Waals surface area contributed by atoms with E-state index in [1.807, 2.05) is 0 Å². The molecule has 2 N–H and O–H groups in total. The summed E-state index contributed by atoms with van der Waals surface area (Å²) in [4.78, 5) is 3.17. The standard InChI is InChI=1S/C7H6F3NO3/c8-7(9,10)14-6-5(13)4(3-12)1-2-11-6/h1-2,12-13H,3H2. The molecule has 1 heterocycles. The number of halogens is 3. The van der Waals surface area contributed by atoms with Crippen molar-refractivity contribution in [3.05, 3.63) is 17.8 Å². The van der Waals surface area contributed by atoms with Crippen molar-refractivity contribution >= 4 is 0 Å². The molecule has 0 aliphatic heterocycles. The zero-order valence-electron chi connectivity index (χ0n) is 6.75. The molecule has 0 saturated heterocycles. The minimum atomic E-state index is -4.92. The molecule has 0 saturated carbocycles. The number of alkyl halides is 3. The van der Waals surface area contributed by atoms with Crippen molar-refractivity contribution in [3.63, 3.8) is 0 Å². The summed E-state index contributed by atoms with van der Waals surface area (Å²) in [7, 11) is 0. The smallest absolute Gasteiger partial charge is 0.503 e. The first-order valence-corrected chi connectivity index (χ1v) is 3.47. The van der Waals surface area contributed by atoms with E-state index in [2.05, 4.69) is 9.72 Å². The number of pyridine rings is 1. The van der Waals surface area contributed by atoms with Gasteiger partial charge in [0.1, 0.15) is 0 Å². The molecule has 14 heavy (non-hydrogen) atoms. The van der Waals surface area contributed by atoms with E-state index < -0.39 is 24.6 Å². The van der Waals surface area contributed by atoms with Gasteiger partial charge in [0, 0.05) is 11.8 Å². The molecule has 4 nitrogen and oxygen atoms in total. The number of nitrogens with zero attached hydrogens (tertiary/aromatic N) is 1. The van der Waals surface area contributed by atoms with Gasteiger partial charge in [-0.2, -0.15) is 0 Å². The first-order chi connectivity index (χ1) is 6.44. The van der Waals surface area contributed by atoms with Crippen molar-refractivity contribution < 1.29 is 28.1 Å². The van der Waals surface area contributed by atoms with Crippen molar-refractivity contribution in [2.75, 3.05) is 0 Å². The number of aromatic hydroxyl groups is 1. The van der Waals surface area contributed by atoms with Crippen LogP contribution in [-0.2, 0) is 6.61 Å². The number of ether oxygens (including phenoxy) is 1. The van der Waals surface area contributed by atoms with Gasteiger partial charge in [-0.1, -0.05) is 0 Å². The minimum absolute atomic E-state index is 0.0840. The Kier molecular flexibility index (Phi) is 2.80. The number of hydrogen-bond donors (Lipinski definition) is 2. The van der Waals surface area contributed by atoms with Gasteiger partial charge >= 0.3 is 6.36 Å². The van der Waals surface area contributed by atoms with Gasteiger partial charge in [-0.05, 0) is 6.07 Å². The number of aliphatic hydroxyl groups is 1. The first kappa shape index (κ1) is 10.6. The molecule has 0 unspecified atom stereocenters. The number of rotatable bonds is 2. The van der Waals surface area contributed by atoms with Crippen LogP contribution in [0.3, 0.4) is 0 Å². The van der Waals surface area contributed by atoms with Crippen LogP contribution in [0, 0.1) is 0 Å². The SMILES string of the molecule is OCc1ccnc(OC(F)(F)F)c1O. The van der Waals surface area contributed by atoms with Crippen LogP contribution >= 0.6 is 0 Å². The van der Waals surface area contributed by atoms with Gasteiger partial charge in [-0.15, -0.1) is 13.2 Å². The fourth-order valence-electron chi connectivity index (χ4n) is 0.784. The van der Waals surface area contributed by atoms with Crippen molar-refractivity contribution in [1.82, 2.24) is 4.98 Å². The summed E-state index contributed by atoms with van der Waals surface area (Å²) < 4.78 is 38.6. The Hall–Kier alpha value is -1.50. The van der Waals surface area contributed by atoms with Gasteiger partial charge in [0.2, 0.25) is 0 Å². The van der Waals surface area contributed by atoms with E-state index in [0.717, 1.165) is 6.20 Å². The highest BCUT2D eigenvalue weighted by Gasteiger charge is 2.33. The van der Waals surface area contributed by atoms with E-state index in [9.17, 15) is 13.2 Å². The normalized spacial score (nSPS) is 11.4. The summed E-state index contributed by atoms with van der Waals surface area (Å²) in [5, 5.41) is 17.7. The van der Waals surface area contributed by atoms with Gasteiger partial charge in [-0.3, -0.25) is 0 Å². The Morgan fingerprint density at radius 2 is 2.07 bits per heavy atom. The third kappa shape index (κ3) is 2.49. The molecule has 0 radical (unpaired) electrons. The van der Waals surface area contributed by atoms with Gasteiger partial charge in [0.05, 0.1) is 6.61 Å². The van der Waals surface area contributed by atoms with E-state index >= 15 is 0 Å². The van der Waals surface area contributed by atoms with Crippen LogP contribution in [0.25, 0.3) is 0 Å². The molecule has 0 aliphatic rings. The number of aliphatic hydroxyl groups excluding tert-OH is 1. The summed E-state index contributed by atoms with van der Waals surface area (Å²) in [6.07, 6.45) is -3.93. The van der Waals surface area contributed by atoms with E-state index in [1.165, 1.54) is 6.07 Å². The van der Waals surface area contributed by atoms with Gasteiger partial charge < -0.3 is 14.9 Å². The summed E-state index contributed by atoms with van der Waals surface area (Å²) in [6.45, 7) is -0.595. The second-order valence-corrected chi connectivity index (χ2v) is 2.33. The summed E-state index contributed by atoms with van der Waals surface area (Å²) in [5.74, 6) is -1.78. The number of aromatic nitrogens is 1. The second kappa shape index (κ2) is 3.70. The first-order valence-electron chi connectivity index (χ1n) is 3.47. The number of hydrogen-bond acceptors (Lipinski definition) is 4. The van der Waals surface area contributed by atoms with Crippen LogP contribution in [0.15, 0.2) is 12.3 Å². The molecule has 0 aromatic carbocycles. The fraction of sp³-hybridized carbons (Fsp3) is 0.286. The third-order valence-electron chi connectivity index (χ3n) is 1.36. The van der Waals surface area contributed by atoms with Crippen LogP contribution in [0.1, 0.15) is 5.56 Å². The average molecular weight is 209 g/mol. The van der Waals surface area contributed by atoms with Crippen molar-refractivity contribution in [2.24, 2.45) is 0 Å². The minimum Gasteiger partial charge on any atom is -0.503 e. The lowest BCUT2D eigenvalue weighted by Gasteiger charge is -2.10. The Morgan fingerprint density at radius 3 is 2.57 bits per heavy atom. The van der Waals surface area contributed by atoms with Gasteiger partial charge in [0.15, 0.2) is 5.75 Å². The highest BCUT2D eigenvalue weighted by molar-refractivity contribution is 5.39. The molecule has 0 aliphatic carbocycles. The topological polar surface area (TPSA) is 62.6 Å². The van der Waals surface area contributed by atoms with Crippen LogP contribution in [0.2, 0.25) is 0 Å². The molecular weight excluding hydrogens is 203 g/mol. The van der Waals surface area contributed by atoms with Crippen LogP contribution in [0.4, 0.5) is 13.2 Å². The highest BCUT2D eigenvalue weighted by atomic mass is 19.4. The molecule has 0 atom stereocenters. The Balaban J connectivity index is 2.98. The van der Waals surface area contributed by atoms with Crippen LogP contribution < -0.4 is 4.74 Å². The third-order valence-corrected chi connectivity index (χ3v) is 1.36. The van der Waals surface area contributed by atoms with E-state index in [4.69, 9.17) is 10.2 Å². The Bertz CT molecular complexity index is 326. The molecule has 0 bridgehead atoms. The quantitative estimate of drug-likeness (QED) is 0.767. The predicted molar refractivity (Wildman–Crippen MR) is 38.5 cm³/mol. The van der Waals surface area contributed by atoms with E-state index in [1.54, 1.807) is 0 Å². The maximum absolute atomic E-state index is 11.7. The van der Waals surface area contributed by atoms with Gasteiger partial charge in [0.25, 0.3) is 5.88 Å². The average Bonchev–Trinajstić information content (AvgIpc) is 2.06. The maximum Gasteiger partial charge on any atom is 0.574 e. The molecule has 0 fully saturated rings. The lowest BCUT2D eigenvalue weighted by atomic mass is 10.2. The van der Waals surface area contributed by atoms with E-state index in [-0.39, 0.29) is 5.56 Å². The van der Waals surface area contributed by atoms with Crippen molar-refractivity contribution in [1.29, 1.82) is 0 Å². The molecule has 1 rings (SSSR count). The molecular formula is C7H6F3NO3. The summed E-state index contributed by atoms with van der Waals surface area (Å²) in [6, 6.07) is 1.18. The summed E-state index contributed by atoms with van der Waals surface area (Å²) >= 11 is 0. The van der Waals surface area contributed by atoms with Gasteiger partial charge in [-0.25, -0.2) is 4.98 Å². The van der Waals surface area contributed by atoms with Crippen LogP contribution in [0.5, 0.6) is 11.6 Å². The van der Waals surface area contributed by atoms with Crippen LogP contribution in [-0.4, -0.2) is 21.6 Å². The van der Waals surface area contributed by atoms with E-state index in [0.29, 0.717) is 0 Å². The van der Waals surface area contributed by atoms with Crippen molar-refractivity contribution in [3.8, 4) is 11.6 Å². The molecule has 0 amide bonds. The highest BCUT2D eigenvalue weighted by Crippen LogP contribution is 2.31. The fourth-order valence-corrected chi connectivity index (χ4v) is 0.784. The zero-order chi connectivity index (χ0) is 10.8. The zero-order valence-corrected chi connectivity index (χ0v) is 6.75. The predicted octanol–water partition coefficient (Wildman–Crippen LogP) is 1.18. The van der Waals surface area contributed by atoms with Crippen molar-refractivity contribution in [2.45, 2.75) is 13.0 Å². The Labute approximate surface area is 76.6 Å². The molecule has 1 aromatic heterocycles. The lowest BCUT2D eigenvalue weighted by Crippen LogP contribution is -2.18. The Morgan fingerprint density at radius 1 is 1.43 bits per heavy atom. The maximum atomic E-state index is 11.7. The largest absolute Gasteiger partial charge is 0.574 e.